The molecule has 1 saturated heterocycles. The SMILES string of the molecule is O=S(=O)(c1ccc(SCc2nc3ccccc3n2C(F)F)nc1)N1CCOCC1. The van der Waals surface area contributed by atoms with Crippen molar-refractivity contribution in [3.05, 3.63) is 48.4 Å². The predicted molar refractivity (Wildman–Crippen MR) is 104 cm³/mol. The maximum atomic E-state index is 13.5. The number of nitrogens with zero attached hydrogens (tertiary/aromatic N) is 4. The summed E-state index contributed by atoms with van der Waals surface area (Å²) in [7, 11) is -3.62. The van der Waals surface area contributed by atoms with Gasteiger partial charge in [-0.2, -0.15) is 13.1 Å². The first-order chi connectivity index (χ1) is 14.0. The van der Waals surface area contributed by atoms with Crippen molar-refractivity contribution in [2.75, 3.05) is 26.3 Å². The summed E-state index contributed by atoms with van der Waals surface area (Å²) < 4.78 is 59.7. The standard InChI is InChI=1S/C18H18F2N4O3S2/c19-18(20)24-15-4-2-1-3-14(15)22-16(24)12-28-17-6-5-13(11-21-17)29(25,26)23-7-9-27-10-8-23/h1-6,11,18H,7-10,12H2. The van der Waals surface area contributed by atoms with Crippen LogP contribution in [0.15, 0.2) is 52.5 Å². The summed E-state index contributed by atoms with van der Waals surface area (Å²) in [6.45, 7) is -1.35. The van der Waals surface area contributed by atoms with Crippen LogP contribution in [0.25, 0.3) is 11.0 Å². The van der Waals surface area contributed by atoms with E-state index in [2.05, 4.69) is 9.97 Å². The number of para-hydroxylation sites is 2. The second kappa shape index (κ2) is 8.34. The molecular formula is C18H18F2N4O3S2. The van der Waals surface area contributed by atoms with E-state index in [0.29, 0.717) is 42.4 Å². The van der Waals surface area contributed by atoms with Crippen LogP contribution < -0.4 is 0 Å². The first kappa shape index (κ1) is 20.2. The molecule has 0 saturated carbocycles. The summed E-state index contributed by atoms with van der Waals surface area (Å²) in [5.41, 5.74) is 0.876. The van der Waals surface area contributed by atoms with Crippen molar-refractivity contribution in [2.24, 2.45) is 0 Å². The minimum atomic E-state index is -3.62. The zero-order chi connectivity index (χ0) is 20.4. The fourth-order valence-electron chi connectivity index (χ4n) is 3.09. The smallest absolute Gasteiger partial charge is 0.320 e. The van der Waals surface area contributed by atoms with Crippen LogP contribution in [0.3, 0.4) is 0 Å². The number of fused-ring (bicyclic) bond motifs is 1. The molecule has 154 valence electrons. The number of rotatable bonds is 6. The summed E-state index contributed by atoms with van der Waals surface area (Å²) in [4.78, 5) is 8.57. The Morgan fingerprint density at radius 1 is 1.14 bits per heavy atom. The second-order valence-electron chi connectivity index (χ2n) is 6.30. The number of benzene rings is 1. The molecule has 1 fully saturated rings. The monoisotopic (exact) mass is 440 g/mol. The van der Waals surface area contributed by atoms with Crippen molar-refractivity contribution in [1.82, 2.24) is 18.8 Å². The highest BCUT2D eigenvalue weighted by atomic mass is 32.2. The first-order valence-corrected chi connectivity index (χ1v) is 11.3. The minimum Gasteiger partial charge on any atom is -0.379 e. The number of imidazole rings is 1. The number of pyridine rings is 1. The summed E-state index contributed by atoms with van der Waals surface area (Å²) in [5, 5.41) is 0.527. The van der Waals surface area contributed by atoms with Gasteiger partial charge in [-0.1, -0.05) is 23.9 Å². The van der Waals surface area contributed by atoms with E-state index in [0.717, 1.165) is 4.57 Å². The Kier molecular flexibility index (Phi) is 5.81. The molecule has 3 aromatic rings. The Bertz CT molecular complexity index is 1100. The number of ether oxygens (including phenoxy) is 1. The van der Waals surface area contributed by atoms with Crippen molar-refractivity contribution in [1.29, 1.82) is 0 Å². The van der Waals surface area contributed by atoms with Gasteiger partial charge in [-0.15, -0.1) is 0 Å². The molecule has 29 heavy (non-hydrogen) atoms. The molecule has 0 atom stereocenters. The number of aromatic nitrogens is 3. The van der Waals surface area contributed by atoms with Gasteiger partial charge in [-0.25, -0.2) is 18.4 Å². The fourth-order valence-corrected chi connectivity index (χ4v) is 5.22. The third kappa shape index (κ3) is 4.13. The molecule has 4 rings (SSSR count). The van der Waals surface area contributed by atoms with Gasteiger partial charge in [0.05, 0.1) is 35.0 Å². The maximum Gasteiger partial charge on any atom is 0.320 e. The van der Waals surface area contributed by atoms with Gasteiger partial charge in [0.15, 0.2) is 0 Å². The van der Waals surface area contributed by atoms with Gasteiger partial charge < -0.3 is 4.74 Å². The number of hydrogen-bond acceptors (Lipinski definition) is 6. The highest BCUT2D eigenvalue weighted by Crippen LogP contribution is 2.28. The Balaban J connectivity index is 1.50. The van der Waals surface area contributed by atoms with Crippen LogP contribution in [0.5, 0.6) is 0 Å². The van der Waals surface area contributed by atoms with E-state index in [1.54, 1.807) is 30.3 Å². The third-order valence-electron chi connectivity index (χ3n) is 4.53. The second-order valence-corrected chi connectivity index (χ2v) is 9.24. The van der Waals surface area contributed by atoms with Crippen molar-refractivity contribution in [3.8, 4) is 0 Å². The fraction of sp³-hybridized carbons (Fsp3) is 0.333. The number of thioether (sulfide) groups is 1. The van der Waals surface area contributed by atoms with Gasteiger partial charge in [0, 0.05) is 19.3 Å². The van der Waals surface area contributed by atoms with Gasteiger partial charge in [-0.05, 0) is 24.3 Å². The lowest BCUT2D eigenvalue weighted by Gasteiger charge is -2.25. The zero-order valence-electron chi connectivity index (χ0n) is 15.2. The molecule has 11 heteroatoms. The Morgan fingerprint density at radius 2 is 1.90 bits per heavy atom. The summed E-state index contributed by atoms with van der Waals surface area (Å²) >= 11 is 1.22. The van der Waals surface area contributed by atoms with Crippen LogP contribution in [0.2, 0.25) is 0 Å². The molecule has 0 radical (unpaired) electrons. The number of sulfonamides is 1. The molecule has 0 bridgehead atoms. The van der Waals surface area contributed by atoms with E-state index in [4.69, 9.17) is 4.74 Å². The highest BCUT2D eigenvalue weighted by molar-refractivity contribution is 7.98. The molecule has 0 aliphatic carbocycles. The lowest BCUT2D eigenvalue weighted by Crippen LogP contribution is -2.40. The normalized spacial score (nSPS) is 16.0. The van der Waals surface area contributed by atoms with E-state index >= 15 is 0 Å². The summed E-state index contributed by atoms with van der Waals surface area (Å²) in [5.74, 6) is 0.416. The van der Waals surface area contributed by atoms with Crippen molar-refractivity contribution < 1.29 is 21.9 Å². The molecule has 1 aromatic carbocycles. The average molecular weight is 440 g/mol. The highest BCUT2D eigenvalue weighted by Gasteiger charge is 2.26. The molecule has 0 unspecified atom stereocenters. The van der Waals surface area contributed by atoms with Crippen LogP contribution in [0.1, 0.15) is 12.4 Å². The van der Waals surface area contributed by atoms with Gasteiger partial charge in [0.1, 0.15) is 10.7 Å². The molecule has 0 spiro atoms. The summed E-state index contributed by atoms with van der Waals surface area (Å²) in [6, 6.07) is 9.79. The quantitative estimate of drug-likeness (QED) is 0.548. The van der Waals surface area contributed by atoms with Crippen molar-refractivity contribution in [2.45, 2.75) is 22.2 Å². The lowest BCUT2D eigenvalue weighted by atomic mass is 10.3. The molecule has 3 heterocycles. The lowest BCUT2D eigenvalue weighted by molar-refractivity contribution is 0.0722. The Hall–Kier alpha value is -2.08. The third-order valence-corrected chi connectivity index (χ3v) is 7.35. The van der Waals surface area contributed by atoms with Gasteiger partial charge in [0.25, 0.3) is 0 Å². The van der Waals surface area contributed by atoms with Gasteiger partial charge in [0.2, 0.25) is 10.0 Å². The minimum absolute atomic E-state index is 0.101. The van der Waals surface area contributed by atoms with Crippen molar-refractivity contribution in [3.63, 3.8) is 0 Å². The van der Waals surface area contributed by atoms with Crippen LogP contribution in [0.4, 0.5) is 8.78 Å². The molecule has 2 aromatic heterocycles. The van der Waals surface area contributed by atoms with Gasteiger partial charge in [-0.3, -0.25) is 4.57 Å². The van der Waals surface area contributed by atoms with Crippen LogP contribution in [0, 0.1) is 0 Å². The largest absolute Gasteiger partial charge is 0.379 e. The van der Waals surface area contributed by atoms with Gasteiger partial charge >= 0.3 is 6.55 Å². The van der Waals surface area contributed by atoms with Crippen molar-refractivity contribution >= 4 is 32.8 Å². The van der Waals surface area contributed by atoms with E-state index < -0.39 is 16.6 Å². The molecule has 0 amide bonds. The number of hydrogen-bond donors (Lipinski definition) is 0. The average Bonchev–Trinajstić information content (AvgIpc) is 3.12. The molecule has 1 aliphatic rings. The van der Waals surface area contributed by atoms with Crippen LogP contribution in [-0.4, -0.2) is 53.6 Å². The molecule has 0 N–H and O–H groups in total. The maximum absolute atomic E-state index is 13.5. The van der Waals surface area contributed by atoms with E-state index in [1.165, 1.54) is 28.3 Å². The number of alkyl halides is 2. The topological polar surface area (TPSA) is 77.3 Å². The van der Waals surface area contributed by atoms with E-state index in [9.17, 15) is 17.2 Å². The Labute approximate surface area is 170 Å². The van der Waals surface area contributed by atoms with E-state index in [-0.39, 0.29) is 16.5 Å². The predicted octanol–water partition coefficient (Wildman–Crippen LogP) is 3.14. The van der Waals surface area contributed by atoms with E-state index in [1.807, 2.05) is 0 Å². The number of halogens is 2. The van der Waals surface area contributed by atoms with Crippen LogP contribution in [-0.2, 0) is 20.5 Å². The summed E-state index contributed by atoms with van der Waals surface area (Å²) in [6.07, 6.45) is 1.29. The van der Waals surface area contributed by atoms with Crippen LogP contribution >= 0.6 is 11.8 Å². The molecule has 1 aliphatic heterocycles. The number of morpholine rings is 1. The first-order valence-electron chi connectivity index (χ1n) is 8.87. The molecule has 7 nitrogen and oxygen atoms in total. The molecular weight excluding hydrogens is 422 g/mol. The zero-order valence-corrected chi connectivity index (χ0v) is 16.9. The Morgan fingerprint density at radius 3 is 2.59 bits per heavy atom.